The number of anilines is 1. The summed E-state index contributed by atoms with van der Waals surface area (Å²) in [4.78, 5) is 6.47. The van der Waals surface area contributed by atoms with E-state index in [0.717, 1.165) is 11.3 Å². The third kappa shape index (κ3) is 2.48. The summed E-state index contributed by atoms with van der Waals surface area (Å²) >= 11 is 0. The zero-order valence-corrected chi connectivity index (χ0v) is 12.4. The van der Waals surface area contributed by atoms with Crippen LogP contribution in [0.3, 0.4) is 0 Å². The highest BCUT2D eigenvalue weighted by Gasteiger charge is 2.40. The highest BCUT2D eigenvalue weighted by atomic mass is 16.5. The SMILES string of the molecule is C[C@@H]1COC[C@@](CO)(CNc2ncnn3cccc23)N1C. The number of aliphatic hydroxyl groups excluding tert-OH is 1. The molecule has 0 amide bonds. The molecular formula is C14H21N5O2. The van der Waals surface area contributed by atoms with Crippen molar-refractivity contribution in [3.63, 3.8) is 0 Å². The van der Waals surface area contributed by atoms with Crippen molar-refractivity contribution in [3.8, 4) is 0 Å². The van der Waals surface area contributed by atoms with Crippen LogP contribution in [0.5, 0.6) is 0 Å². The highest BCUT2D eigenvalue weighted by molar-refractivity contribution is 5.67. The Kier molecular flexibility index (Phi) is 3.79. The van der Waals surface area contributed by atoms with Gasteiger partial charge in [0.25, 0.3) is 0 Å². The number of hydrogen-bond donors (Lipinski definition) is 2. The number of nitrogens with zero attached hydrogens (tertiary/aromatic N) is 4. The van der Waals surface area contributed by atoms with Crippen LogP contribution in [0.15, 0.2) is 24.7 Å². The quantitative estimate of drug-likeness (QED) is 0.839. The number of hydrogen-bond acceptors (Lipinski definition) is 6. The molecule has 0 spiro atoms. The first-order chi connectivity index (χ1) is 10.2. The van der Waals surface area contributed by atoms with Gasteiger partial charge in [-0.2, -0.15) is 5.10 Å². The molecule has 1 aliphatic rings. The van der Waals surface area contributed by atoms with Gasteiger partial charge in [-0.1, -0.05) is 0 Å². The zero-order chi connectivity index (χ0) is 14.9. The van der Waals surface area contributed by atoms with Gasteiger partial charge in [0.15, 0.2) is 5.82 Å². The van der Waals surface area contributed by atoms with E-state index >= 15 is 0 Å². The molecule has 2 aromatic rings. The lowest BCUT2D eigenvalue weighted by Crippen LogP contribution is -2.64. The molecule has 0 unspecified atom stereocenters. The molecule has 114 valence electrons. The van der Waals surface area contributed by atoms with E-state index in [9.17, 15) is 5.11 Å². The molecule has 2 atom stereocenters. The summed E-state index contributed by atoms with van der Waals surface area (Å²) < 4.78 is 7.41. The zero-order valence-electron chi connectivity index (χ0n) is 12.4. The molecule has 1 saturated heterocycles. The summed E-state index contributed by atoms with van der Waals surface area (Å²) in [5, 5.41) is 17.4. The summed E-state index contributed by atoms with van der Waals surface area (Å²) in [7, 11) is 2.03. The molecule has 3 heterocycles. The molecule has 21 heavy (non-hydrogen) atoms. The topological polar surface area (TPSA) is 74.9 Å². The molecule has 2 N–H and O–H groups in total. The Labute approximate surface area is 123 Å². The van der Waals surface area contributed by atoms with E-state index in [-0.39, 0.29) is 12.6 Å². The van der Waals surface area contributed by atoms with Crippen LogP contribution in [0, 0.1) is 0 Å². The Morgan fingerprint density at radius 1 is 1.57 bits per heavy atom. The van der Waals surface area contributed by atoms with Gasteiger partial charge in [-0.15, -0.1) is 0 Å². The number of aromatic nitrogens is 3. The fraction of sp³-hybridized carbons (Fsp3) is 0.571. The van der Waals surface area contributed by atoms with Crippen molar-refractivity contribution in [3.05, 3.63) is 24.7 Å². The summed E-state index contributed by atoms with van der Waals surface area (Å²) in [6.45, 7) is 3.87. The van der Waals surface area contributed by atoms with Crippen LogP contribution >= 0.6 is 0 Å². The van der Waals surface area contributed by atoms with Gasteiger partial charge in [0.2, 0.25) is 0 Å². The second kappa shape index (κ2) is 5.59. The van der Waals surface area contributed by atoms with Crippen LogP contribution in [0.25, 0.3) is 5.52 Å². The van der Waals surface area contributed by atoms with E-state index in [2.05, 4.69) is 27.2 Å². The lowest BCUT2D eigenvalue weighted by atomic mass is 9.96. The van der Waals surface area contributed by atoms with E-state index in [1.807, 2.05) is 25.4 Å². The van der Waals surface area contributed by atoms with Crippen LogP contribution in [0.1, 0.15) is 6.92 Å². The van der Waals surface area contributed by atoms with Gasteiger partial charge < -0.3 is 15.2 Å². The summed E-state index contributed by atoms with van der Waals surface area (Å²) in [5.74, 6) is 0.759. The Morgan fingerprint density at radius 3 is 3.24 bits per heavy atom. The van der Waals surface area contributed by atoms with Crippen LogP contribution in [-0.2, 0) is 4.74 Å². The third-order valence-electron chi connectivity index (χ3n) is 4.35. The average molecular weight is 291 g/mol. The Balaban J connectivity index is 1.80. The minimum Gasteiger partial charge on any atom is -0.394 e. The number of fused-ring (bicyclic) bond motifs is 1. The van der Waals surface area contributed by atoms with Gasteiger partial charge in [-0.05, 0) is 26.1 Å². The van der Waals surface area contributed by atoms with Crippen molar-refractivity contribution < 1.29 is 9.84 Å². The second-order valence-electron chi connectivity index (χ2n) is 5.66. The van der Waals surface area contributed by atoms with E-state index in [0.29, 0.717) is 19.8 Å². The first-order valence-corrected chi connectivity index (χ1v) is 7.10. The second-order valence-corrected chi connectivity index (χ2v) is 5.66. The smallest absolute Gasteiger partial charge is 0.153 e. The fourth-order valence-electron chi connectivity index (χ4n) is 2.74. The van der Waals surface area contributed by atoms with Gasteiger partial charge in [0, 0.05) is 18.8 Å². The predicted molar refractivity (Wildman–Crippen MR) is 79.3 cm³/mol. The van der Waals surface area contributed by atoms with Crippen molar-refractivity contribution in [2.75, 3.05) is 38.7 Å². The molecule has 1 aliphatic heterocycles. The largest absolute Gasteiger partial charge is 0.394 e. The molecule has 0 aromatic carbocycles. The fourth-order valence-corrected chi connectivity index (χ4v) is 2.74. The normalized spacial score (nSPS) is 27.1. The minimum absolute atomic E-state index is 0.0310. The molecule has 1 fully saturated rings. The number of nitrogens with one attached hydrogen (secondary N) is 1. The lowest BCUT2D eigenvalue weighted by Gasteiger charge is -2.47. The van der Waals surface area contributed by atoms with Crippen molar-refractivity contribution in [1.82, 2.24) is 19.5 Å². The third-order valence-corrected chi connectivity index (χ3v) is 4.35. The number of ether oxygens (including phenoxy) is 1. The average Bonchev–Trinajstić information content (AvgIpc) is 2.98. The van der Waals surface area contributed by atoms with E-state index < -0.39 is 5.54 Å². The maximum Gasteiger partial charge on any atom is 0.153 e. The number of morpholine rings is 1. The van der Waals surface area contributed by atoms with E-state index in [1.54, 1.807) is 4.52 Å². The molecule has 0 aliphatic carbocycles. The first kappa shape index (κ1) is 14.2. The van der Waals surface area contributed by atoms with Crippen molar-refractivity contribution >= 4 is 11.3 Å². The van der Waals surface area contributed by atoms with Gasteiger partial charge in [0.05, 0.1) is 25.4 Å². The van der Waals surface area contributed by atoms with Crippen molar-refractivity contribution in [2.24, 2.45) is 0 Å². The van der Waals surface area contributed by atoms with Crippen molar-refractivity contribution in [1.29, 1.82) is 0 Å². The van der Waals surface area contributed by atoms with Crippen LogP contribution in [0.4, 0.5) is 5.82 Å². The van der Waals surface area contributed by atoms with Crippen LogP contribution < -0.4 is 5.32 Å². The molecule has 3 rings (SSSR count). The minimum atomic E-state index is -0.438. The van der Waals surface area contributed by atoms with Gasteiger partial charge in [-0.25, -0.2) is 9.50 Å². The summed E-state index contributed by atoms with van der Waals surface area (Å²) in [6.07, 6.45) is 3.40. The maximum absolute atomic E-state index is 9.88. The Bertz CT molecular complexity index is 616. The molecule has 2 aromatic heterocycles. The van der Waals surface area contributed by atoms with Gasteiger partial charge in [-0.3, -0.25) is 4.90 Å². The Morgan fingerprint density at radius 2 is 2.43 bits per heavy atom. The number of rotatable bonds is 4. The predicted octanol–water partition coefficient (Wildman–Crippen LogP) is 0.223. The first-order valence-electron chi connectivity index (χ1n) is 7.10. The molecule has 7 heteroatoms. The van der Waals surface area contributed by atoms with Gasteiger partial charge in [0.1, 0.15) is 11.8 Å². The van der Waals surface area contributed by atoms with Crippen LogP contribution in [0.2, 0.25) is 0 Å². The van der Waals surface area contributed by atoms with Crippen LogP contribution in [-0.4, -0.2) is 69.6 Å². The molecule has 0 saturated carbocycles. The van der Waals surface area contributed by atoms with Gasteiger partial charge >= 0.3 is 0 Å². The lowest BCUT2D eigenvalue weighted by molar-refractivity contribution is -0.101. The Hall–Kier alpha value is -1.70. The number of aliphatic hydroxyl groups is 1. The molecular weight excluding hydrogens is 270 g/mol. The molecule has 0 bridgehead atoms. The monoisotopic (exact) mass is 291 g/mol. The van der Waals surface area contributed by atoms with E-state index in [1.165, 1.54) is 6.33 Å². The summed E-state index contributed by atoms with van der Waals surface area (Å²) in [6, 6.07) is 4.15. The summed E-state index contributed by atoms with van der Waals surface area (Å²) in [5.41, 5.74) is 0.477. The maximum atomic E-state index is 9.88. The highest BCUT2D eigenvalue weighted by Crippen LogP contribution is 2.23. The molecule has 7 nitrogen and oxygen atoms in total. The van der Waals surface area contributed by atoms with Crippen molar-refractivity contribution in [2.45, 2.75) is 18.5 Å². The standard InChI is InChI=1S/C14H21N5O2/c1-11-6-21-9-14(8-20,18(11)2)7-15-13-12-4-3-5-19(12)17-10-16-13/h3-5,10-11,20H,6-9H2,1-2H3,(H,15,16,17)/t11-,14+/m1/s1. The number of likely N-dealkylation sites (N-methyl/N-ethyl adjacent to an activating group) is 1. The molecule has 0 radical (unpaired) electrons. The van der Waals surface area contributed by atoms with E-state index in [4.69, 9.17) is 4.74 Å².